The van der Waals surface area contributed by atoms with Gasteiger partial charge in [-0.05, 0) is 25.0 Å². The first-order chi connectivity index (χ1) is 9.98. The van der Waals surface area contributed by atoms with Gasteiger partial charge in [0.2, 0.25) is 0 Å². The number of aryl methyl sites for hydroxylation is 1. The summed E-state index contributed by atoms with van der Waals surface area (Å²) in [5, 5.41) is 8.84. The maximum Gasteiger partial charge on any atom is 0.573 e. The van der Waals surface area contributed by atoms with Gasteiger partial charge in [-0.2, -0.15) is 5.26 Å². The van der Waals surface area contributed by atoms with E-state index < -0.39 is 6.36 Å². The number of hydrogen-bond acceptors (Lipinski definition) is 3. The number of nitriles is 1. The molecule has 1 aliphatic heterocycles. The van der Waals surface area contributed by atoms with Crippen LogP contribution in [0.2, 0.25) is 0 Å². The summed E-state index contributed by atoms with van der Waals surface area (Å²) in [4.78, 5) is 4.01. The molecule has 1 atom stereocenters. The van der Waals surface area contributed by atoms with Gasteiger partial charge in [-0.15, -0.1) is 13.2 Å². The quantitative estimate of drug-likeness (QED) is 0.854. The molecule has 0 saturated carbocycles. The number of benzene rings is 1. The zero-order valence-corrected chi connectivity index (χ0v) is 10.8. The summed E-state index contributed by atoms with van der Waals surface area (Å²) >= 11 is 0. The Kier molecular flexibility index (Phi) is 3.09. The Morgan fingerprint density at radius 2 is 2.19 bits per heavy atom. The lowest BCUT2D eigenvalue weighted by Gasteiger charge is -2.19. The van der Waals surface area contributed by atoms with E-state index in [0.29, 0.717) is 12.0 Å². The highest BCUT2D eigenvalue weighted by molar-refractivity contribution is 5.45. The second-order valence-electron chi connectivity index (χ2n) is 4.76. The van der Waals surface area contributed by atoms with Gasteiger partial charge in [0.15, 0.2) is 0 Å². The third kappa shape index (κ3) is 2.57. The summed E-state index contributed by atoms with van der Waals surface area (Å²) in [7, 11) is 0. The summed E-state index contributed by atoms with van der Waals surface area (Å²) in [6.45, 7) is 0. The first-order valence-electron chi connectivity index (χ1n) is 6.28. The Balaban J connectivity index is 2.04. The van der Waals surface area contributed by atoms with Crippen molar-refractivity contribution in [3.05, 3.63) is 47.5 Å². The van der Waals surface area contributed by atoms with Crippen LogP contribution in [0.4, 0.5) is 13.2 Å². The molecule has 4 nitrogen and oxygen atoms in total. The Bertz CT molecular complexity index is 715. The number of alkyl halides is 3. The zero-order chi connectivity index (χ0) is 15.0. The Morgan fingerprint density at radius 3 is 2.90 bits per heavy atom. The minimum Gasteiger partial charge on any atom is -0.405 e. The van der Waals surface area contributed by atoms with Crippen molar-refractivity contribution in [2.24, 2.45) is 0 Å². The van der Waals surface area contributed by atoms with Gasteiger partial charge in [0.05, 0.1) is 24.0 Å². The standard InChI is InChI=1S/C14H10F3N3O/c15-14(16,17)21-13-5-9(6-18)1-3-11(13)12-4-2-10-7-19-8-20(10)12/h1,3,5,7-8,12H,2,4H2/t12-/m0/s1. The maximum atomic E-state index is 12.6. The molecule has 1 aromatic carbocycles. The fourth-order valence-corrected chi connectivity index (χ4v) is 2.63. The largest absolute Gasteiger partial charge is 0.573 e. The van der Waals surface area contributed by atoms with Gasteiger partial charge in [-0.3, -0.25) is 0 Å². The van der Waals surface area contributed by atoms with E-state index in [4.69, 9.17) is 5.26 Å². The van der Waals surface area contributed by atoms with Crippen LogP contribution in [-0.4, -0.2) is 15.9 Å². The van der Waals surface area contributed by atoms with E-state index in [1.54, 1.807) is 12.5 Å². The Morgan fingerprint density at radius 1 is 1.38 bits per heavy atom. The highest BCUT2D eigenvalue weighted by atomic mass is 19.4. The van der Waals surface area contributed by atoms with E-state index in [1.165, 1.54) is 12.1 Å². The number of aromatic nitrogens is 2. The predicted octanol–water partition coefficient (Wildman–Crippen LogP) is 3.19. The molecule has 0 radical (unpaired) electrons. The van der Waals surface area contributed by atoms with Crippen molar-refractivity contribution in [2.45, 2.75) is 25.2 Å². The van der Waals surface area contributed by atoms with Crippen molar-refractivity contribution < 1.29 is 17.9 Å². The normalized spacial score (nSPS) is 17.3. The molecule has 0 fully saturated rings. The van der Waals surface area contributed by atoms with Crippen molar-refractivity contribution in [1.82, 2.24) is 9.55 Å². The van der Waals surface area contributed by atoms with Crippen LogP contribution in [0.3, 0.4) is 0 Å². The average Bonchev–Trinajstić information content (AvgIpc) is 2.99. The number of fused-ring (bicyclic) bond motifs is 1. The minimum absolute atomic E-state index is 0.127. The molecule has 0 N–H and O–H groups in total. The SMILES string of the molecule is N#Cc1ccc([C@@H]2CCc3cncn32)c(OC(F)(F)F)c1. The molecule has 108 valence electrons. The third-order valence-electron chi connectivity index (χ3n) is 3.48. The summed E-state index contributed by atoms with van der Waals surface area (Å²) < 4.78 is 43.6. The molecule has 0 bridgehead atoms. The molecular weight excluding hydrogens is 283 g/mol. The van der Waals surface area contributed by atoms with E-state index in [9.17, 15) is 13.2 Å². The van der Waals surface area contributed by atoms with Crippen LogP contribution < -0.4 is 4.74 Å². The number of hydrogen-bond donors (Lipinski definition) is 0. The molecule has 3 rings (SSSR count). The lowest BCUT2D eigenvalue weighted by Crippen LogP contribution is -2.19. The molecule has 0 spiro atoms. The lowest BCUT2D eigenvalue weighted by atomic mass is 10.0. The van der Waals surface area contributed by atoms with Crippen molar-refractivity contribution in [2.75, 3.05) is 0 Å². The molecule has 2 aromatic rings. The van der Waals surface area contributed by atoms with Gasteiger partial charge < -0.3 is 9.30 Å². The number of halogens is 3. The second kappa shape index (κ2) is 4.81. The molecule has 2 heterocycles. The van der Waals surface area contributed by atoms with Crippen LogP contribution in [0, 0.1) is 11.3 Å². The molecule has 1 aliphatic rings. The number of nitrogens with zero attached hydrogens (tertiary/aromatic N) is 3. The summed E-state index contributed by atoms with van der Waals surface area (Å²) in [6, 6.07) is 5.69. The Hall–Kier alpha value is -2.49. The zero-order valence-electron chi connectivity index (χ0n) is 10.8. The number of rotatable bonds is 2. The highest BCUT2D eigenvalue weighted by Gasteiger charge is 2.34. The minimum atomic E-state index is -4.79. The molecule has 0 amide bonds. The summed E-state index contributed by atoms with van der Waals surface area (Å²) in [5.74, 6) is -0.326. The molecule has 21 heavy (non-hydrogen) atoms. The lowest BCUT2D eigenvalue weighted by molar-refractivity contribution is -0.275. The van der Waals surface area contributed by atoms with E-state index in [-0.39, 0.29) is 17.4 Å². The first kappa shape index (κ1) is 13.5. The van der Waals surface area contributed by atoms with Gasteiger partial charge in [0.25, 0.3) is 0 Å². The molecule has 0 unspecified atom stereocenters. The van der Waals surface area contributed by atoms with E-state index in [1.807, 2.05) is 10.6 Å². The van der Waals surface area contributed by atoms with Gasteiger partial charge in [-0.1, -0.05) is 6.07 Å². The van der Waals surface area contributed by atoms with Crippen molar-refractivity contribution in [1.29, 1.82) is 5.26 Å². The molecule has 0 saturated heterocycles. The summed E-state index contributed by atoms with van der Waals surface area (Å²) in [5.41, 5.74) is 1.51. The van der Waals surface area contributed by atoms with E-state index >= 15 is 0 Å². The molecular formula is C14H10F3N3O. The van der Waals surface area contributed by atoms with E-state index in [2.05, 4.69) is 9.72 Å². The monoisotopic (exact) mass is 293 g/mol. The van der Waals surface area contributed by atoms with Gasteiger partial charge in [-0.25, -0.2) is 4.98 Å². The van der Waals surface area contributed by atoms with Gasteiger partial charge in [0, 0.05) is 17.5 Å². The fraction of sp³-hybridized carbons (Fsp3) is 0.286. The first-order valence-corrected chi connectivity index (χ1v) is 6.28. The predicted molar refractivity (Wildman–Crippen MR) is 66.5 cm³/mol. The van der Waals surface area contributed by atoms with E-state index in [0.717, 1.165) is 18.2 Å². The van der Waals surface area contributed by atoms with Crippen LogP contribution in [-0.2, 0) is 6.42 Å². The van der Waals surface area contributed by atoms with Crippen molar-refractivity contribution >= 4 is 0 Å². The topological polar surface area (TPSA) is 50.8 Å². The Labute approximate surface area is 118 Å². The van der Waals surface area contributed by atoms with Crippen LogP contribution in [0.25, 0.3) is 0 Å². The van der Waals surface area contributed by atoms with Crippen LogP contribution in [0.5, 0.6) is 5.75 Å². The maximum absolute atomic E-state index is 12.6. The highest BCUT2D eigenvalue weighted by Crippen LogP contribution is 2.38. The second-order valence-corrected chi connectivity index (χ2v) is 4.76. The number of ether oxygens (including phenoxy) is 1. The molecule has 7 heteroatoms. The van der Waals surface area contributed by atoms with Crippen molar-refractivity contribution in [3.63, 3.8) is 0 Å². The third-order valence-corrected chi connectivity index (χ3v) is 3.48. The van der Waals surface area contributed by atoms with Crippen LogP contribution in [0.1, 0.15) is 29.3 Å². The fourth-order valence-electron chi connectivity index (χ4n) is 2.63. The summed E-state index contributed by atoms with van der Waals surface area (Å²) in [6.07, 6.45) is -0.0657. The number of imidazole rings is 1. The molecule has 0 aliphatic carbocycles. The van der Waals surface area contributed by atoms with Gasteiger partial charge in [0.1, 0.15) is 5.75 Å². The van der Waals surface area contributed by atoms with Gasteiger partial charge >= 0.3 is 6.36 Å². The average molecular weight is 293 g/mol. The van der Waals surface area contributed by atoms with Crippen LogP contribution >= 0.6 is 0 Å². The molecule has 1 aromatic heterocycles. The van der Waals surface area contributed by atoms with Crippen molar-refractivity contribution in [3.8, 4) is 11.8 Å². The van der Waals surface area contributed by atoms with Crippen LogP contribution in [0.15, 0.2) is 30.7 Å². The smallest absolute Gasteiger partial charge is 0.405 e.